The highest BCUT2D eigenvalue weighted by Crippen LogP contribution is 2.30. The molecule has 1 aromatic rings. The summed E-state index contributed by atoms with van der Waals surface area (Å²) in [5.74, 6) is -0.361. The van der Waals surface area contributed by atoms with Crippen molar-refractivity contribution in [3.8, 4) is 0 Å². The van der Waals surface area contributed by atoms with Crippen molar-refractivity contribution < 1.29 is 9.18 Å². The molecule has 1 aliphatic carbocycles. The van der Waals surface area contributed by atoms with Gasteiger partial charge in [-0.25, -0.2) is 9.18 Å². The number of piperazine rings is 1. The number of carbonyl (C=O) groups is 1. The Hall–Kier alpha value is -1.37. The van der Waals surface area contributed by atoms with E-state index in [-0.39, 0.29) is 24.4 Å². The van der Waals surface area contributed by atoms with E-state index >= 15 is 0 Å². The van der Waals surface area contributed by atoms with E-state index in [1.807, 2.05) is 0 Å². The van der Waals surface area contributed by atoms with Gasteiger partial charge in [0, 0.05) is 48.8 Å². The molecule has 0 bridgehead atoms. The molecule has 1 saturated heterocycles. The Morgan fingerprint density at radius 1 is 1.36 bits per heavy atom. The van der Waals surface area contributed by atoms with E-state index in [0.29, 0.717) is 23.2 Å². The minimum Gasteiger partial charge on any atom is -0.336 e. The van der Waals surface area contributed by atoms with Crippen molar-refractivity contribution in [1.29, 1.82) is 0 Å². The number of carbonyl (C=O) groups excluding carboxylic acids is 1. The van der Waals surface area contributed by atoms with Crippen LogP contribution in [0.3, 0.4) is 0 Å². The molecule has 1 aromatic carbocycles. The van der Waals surface area contributed by atoms with Gasteiger partial charge in [-0.1, -0.05) is 17.7 Å². The van der Waals surface area contributed by atoms with Gasteiger partial charge in [-0.2, -0.15) is 0 Å². The Morgan fingerprint density at radius 3 is 2.80 bits per heavy atom. The first-order chi connectivity index (χ1) is 12.0. The summed E-state index contributed by atoms with van der Waals surface area (Å²) in [4.78, 5) is 19.0. The fourth-order valence-electron chi connectivity index (χ4n) is 3.24. The molecule has 7 heteroatoms. The quantitative estimate of drug-likeness (QED) is 0.867. The maximum absolute atomic E-state index is 14.1. The summed E-state index contributed by atoms with van der Waals surface area (Å²) in [7, 11) is 4.18. The summed E-state index contributed by atoms with van der Waals surface area (Å²) in [6, 6.07) is 4.97. The zero-order valence-electron chi connectivity index (χ0n) is 14.8. The highest BCUT2D eigenvalue weighted by atomic mass is 35.5. The van der Waals surface area contributed by atoms with Crippen LogP contribution in [-0.4, -0.2) is 73.1 Å². The molecule has 2 amide bonds. The van der Waals surface area contributed by atoms with Gasteiger partial charge in [0.1, 0.15) is 5.82 Å². The van der Waals surface area contributed by atoms with Crippen LogP contribution >= 0.6 is 11.6 Å². The maximum atomic E-state index is 14.1. The summed E-state index contributed by atoms with van der Waals surface area (Å²) < 4.78 is 14.1. The molecular weight excluding hydrogens is 343 g/mol. The number of likely N-dealkylation sites (N-methyl/N-ethyl adjacent to an activating group) is 2. The zero-order valence-corrected chi connectivity index (χ0v) is 15.6. The van der Waals surface area contributed by atoms with Crippen molar-refractivity contribution in [2.24, 2.45) is 0 Å². The first-order valence-corrected chi connectivity index (χ1v) is 9.19. The second-order valence-electron chi connectivity index (χ2n) is 7.14. The second-order valence-corrected chi connectivity index (χ2v) is 7.55. The van der Waals surface area contributed by atoms with E-state index in [9.17, 15) is 9.18 Å². The van der Waals surface area contributed by atoms with Crippen LogP contribution in [0, 0.1) is 5.82 Å². The number of urea groups is 1. The van der Waals surface area contributed by atoms with Crippen molar-refractivity contribution in [1.82, 2.24) is 20.0 Å². The van der Waals surface area contributed by atoms with Crippen LogP contribution < -0.4 is 5.32 Å². The molecule has 2 aliphatic rings. The van der Waals surface area contributed by atoms with Gasteiger partial charge >= 0.3 is 6.03 Å². The van der Waals surface area contributed by atoms with Crippen molar-refractivity contribution >= 4 is 17.6 Å². The number of nitrogens with zero attached hydrogens (tertiary/aromatic N) is 3. The predicted octanol–water partition coefficient (Wildman–Crippen LogP) is 2.40. The molecule has 0 aromatic heterocycles. The van der Waals surface area contributed by atoms with Gasteiger partial charge in [0.2, 0.25) is 0 Å². The third kappa shape index (κ3) is 4.63. The Bertz CT molecular complexity index is 605. The van der Waals surface area contributed by atoms with Gasteiger partial charge < -0.3 is 15.1 Å². The molecule has 1 saturated carbocycles. The first-order valence-electron chi connectivity index (χ1n) is 8.82. The lowest BCUT2D eigenvalue weighted by Gasteiger charge is -2.38. The minimum absolute atomic E-state index is 0.136. The van der Waals surface area contributed by atoms with Gasteiger partial charge in [0.25, 0.3) is 0 Å². The molecule has 1 atom stereocenters. The molecule has 25 heavy (non-hydrogen) atoms. The molecule has 1 unspecified atom stereocenters. The topological polar surface area (TPSA) is 38.8 Å². The number of nitrogens with one attached hydrogen (secondary N) is 1. The van der Waals surface area contributed by atoms with Crippen LogP contribution in [0.15, 0.2) is 18.2 Å². The van der Waals surface area contributed by atoms with Gasteiger partial charge in [-0.05, 0) is 39.1 Å². The fourth-order valence-corrected chi connectivity index (χ4v) is 3.46. The molecule has 1 aliphatic heterocycles. The lowest BCUT2D eigenvalue weighted by molar-refractivity contribution is 0.112. The molecule has 0 spiro atoms. The van der Waals surface area contributed by atoms with Crippen molar-refractivity contribution in [2.45, 2.75) is 31.5 Å². The van der Waals surface area contributed by atoms with Crippen LogP contribution in [0.2, 0.25) is 5.02 Å². The average molecular weight is 369 g/mol. The lowest BCUT2D eigenvalue weighted by Crippen LogP contribution is -2.55. The molecule has 1 N–H and O–H groups in total. The summed E-state index contributed by atoms with van der Waals surface area (Å²) >= 11 is 6.13. The first kappa shape index (κ1) is 18.4. The number of hydrogen-bond donors (Lipinski definition) is 1. The van der Waals surface area contributed by atoms with Crippen LogP contribution in [-0.2, 0) is 6.54 Å². The standard InChI is InChI=1S/C18H26ClFN4O/c1-22-8-9-23(2)14(11-22)10-21-18(25)24(13-6-7-13)12-15-16(19)4-3-5-17(15)20/h3-5,13-14H,6-12H2,1-2H3,(H,21,25). The van der Waals surface area contributed by atoms with Gasteiger partial charge in [-0.15, -0.1) is 0 Å². The van der Waals surface area contributed by atoms with E-state index in [2.05, 4.69) is 29.2 Å². The SMILES string of the molecule is CN1CCN(C)C(CNC(=O)N(Cc2c(F)cccc2Cl)C2CC2)C1. The number of amides is 2. The largest absolute Gasteiger partial charge is 0.336 e. The lowest BCUT2D eigenvalue weighted by atomic mass is 10.2. The Balaban J connectivity index is 1.62. The van der Waals surface area contributed by atoms with Crippen molar-refractivity contribution in [3.05, 3.63) is 34.6 Å². The zero-order chi connectivity index (χ0) is 18.0. The van der Waals surface area contributed by atoms with Crippen LogP contribution in [0.5, 0.6) is 0 Å². The van der Waals surface area contributed by atoms with E-state index in [1.165, 1.54) is 6.07 Å². The average Bonchev–Trinajstić information content (AvgIpc) is 3.40. The minimum atomic E-state index is -0.361. The van der Waals surface area contributed by atoms with E-state index in [4.69, 9.17) is 11.6 Å². The third-order valence-electron chi connectivity index (χ3n) is 5.11. The highest BCUT2D eigenvalue weighted by molar-refractivity contribution is 6.31. The monoisotopic (exact) mass is 368 g/mol. The number of benzene rings is 1. The summed E-state index contributed by atoms with van der Waals surface area (Å²) in [6.07, 6.45) is 1.93. The van der Waals surface area contributed by atoms with Crippen LogP contribution in [0.4, 0.5) is 9.18 Å². The number of rotatable bonds is 5. The molecular formula is C18H26ClFN4O. The molecule has 1 heterocycles. The fraction of sp³-hybridized carbons (Fsp3) is 0.611. The van der Waals surface area contributed by atoms with Gasteiger partial charge in [0.15, 0.2) is 0 Å². The normalized spacial score (nSPS) is 22.0. The van der Waals surface area contributed by atoms with E-state index in [1.54, 1.807) is 17.0 Å². The molecule has 2 fully saturated rings. The Labute approximate surface area is 153 Å². The summed E-state index contributed by atoms with van der Waals surface area (Å²) in [5, 5.41) is 3.40. The summed E-state index contributed by atoms with van der Waals surface area (Å²) in [5.41, 5.74) is 0.390. The highest BCUT2D eigenvalue weighted by Gasteiger charge is 2.34. The molecule has 0 radical (unpaired) electrons. The summed E-state index contributed by atoms with van der Waals surface area (Å²) in [6.45, 7) is 3.77. The Kier molecular flexibility index (Phi) is 5.81. The van der Waals surface area contributed by atoms with Crippen molar-refractivity contribution in [3.63, 3.8) is 0 Å². The predicted molar refractivity (Wildman–Crippen MR) is 97.3 cm³/mol. The second kappa shape index (κ2) is 7.89. The Morgan fingerprint density at radius 2 is 2.12 bits per heavy atom. The maximum Gasteiger partial charge on any atom is 0.318 e. The van der Waals surface area contributed by atoms with Crippen molar-refractivity contribution in [2.75, 3.05) is 40.3 Å². The number of halogens is 2. The van der Waals surface area contributed by atoms with Gasteiger partial charge in [0.05, 0.1) is 6.54 Å². The van der Waals surface area contributed by atoms with Crippen LogP contribution in [0.25, 0.3) is 0 Å². The smallest absolute Gasteiger partial charge is 0.318 e. The molecule has 3 rings (SSSR count). The van der Waals surface area contributed by atoms with Crippen LogP contribution in [0.1, 0.15) is 18.4 Å². The van der Waals surface area contributed by atoms with E-state index < -0.39 is 0 Å². The third-order valence-corrected chi connectivity index (χ3v) is 5.46. The molecule has 138 valence electrons. The molecule has 5 nitrogen and oxygen atoms in total. The van der Waals surface area contributed by atoms with Gasteiger partial charge in [-0.3, -0.25) is 4.90 Å². The van der Waals surface area contributed by atoms with E-state index in [0.717, 1.165) is 32.5 Å². The number of hydrogen-bond acceptors (Lipinski definition) is 3.